The number of carboxylic acid groups (broad SMARTS) is 1. The lowest BCUT2D eigenvalue weighted by Crippen LogP contribution is -2.08. The van der Waals surface area contributed by atoms with Gasteiger partial charge in [0.25, 0.3) is 0 Å². The average Bonchev–Trinajstić information content (AvgIpc) is 2.10. The molecule has 1 N–H and O–H groups in total. The van der Waals surface area contributed by atoms with Crippen molar-refractivity contribution in [3.63, 3.8) is 0 Å². The maximum Gasteiger partial charge on any atom is 0.306 e. The summed E-state index contributed by atoms with van der Waals surface area (Å²) in [5, 5.41) is 8.62. The Morgan fingerprint density at radius 1 is 1.15 bits per heavy atom. The summed E-state index contributed by atoms with van der Waals surface area (Å²) in [4.78, 5) is 10.5. The normalized spacial score (nSPS) is 12.8. The quantitative estimate of drug-likeness (QED) is 0.589. The highest BCUT2D eigenvalue weighted by Gasteiger charge is 2.08. The van der Waals surface area contributed by atoms with Crippen LogP contribution < -0.4 is 0 Å². The van der Waals surface area contributed by atoms with Crippen molar-refractivity contribution in [2.24, 2.45) is 5.92 Å². The molecule has 0 amide bonds. The molecule has 0 radical (unpaired) electrons. The molecule has 1 atom stereocenters. The van der Waals surface area contributed by atoms with Gasteiger partial charge in [0.05, 0.1) is 5.92 Å². The summed E-state index contributed by atoms with van der Waals surface area (Å²) in [6, 6.07) is 0. The summed E-state index contributed by atoms with van der Waals surface area (Å²) in [5.74, 6) is -0.820. The number of unbranched alkanes of at least 4 members (excludes halogenated alkanes) is 5. The predicted octanol–water partition coefficient (Wildman–Crippen LogP) is 3.46. The number of aliphatic carboxylic acids is 1. The molecule has 0 aliphatic heterocycles. The van der Waals surface area contributed by atoms with E-state index in [1.807, 2.05) is 0 Å². The largest absolute Gasteiger partial charge is 0.481 e. The average molecular weight is 186 g/mol. The number of hydrogen-bond donors (Lipinski definition) is 1. The molecule has 2 nitrogen and oxygen atoms in total. The second-order valence-corrected chi connectivity index (χ2v) is 3.80. The maximum atomic E-state index is 10.5. The minimum absolute atomic E-state index is 0.161. The van der Waals surface area contributed by atoms with Crippen molar-refractivity contribution in [3.05, 3.63) is 0 Å². The third-order valence-electron chi connectivity index (χ3n) is 2.41. The summed E-state index contributed by atoms with van der Waals surface area (Å²) in [5.41, 5.74) is 0. The van der Waals surface area contributed by atoms with E-state index in [0.29, 0.717) is 0 Å². The van der Waals surface area contributed by atoms with Crippen LogP contribution in [0.2, 0.25) is 0 Å². The summed E-state index contributed by atoms with van der Waals surface area (Å²) >= 11 is 0. The molecule has 0 saturated carbocycles. The molecule has 0 fully saturated rings. The minimum atomic E-state index is -0.659. The summed E-state index contributed by atoms with van der Waals surface area (Å²) in [6.07, 6.45) is 8.24. The van der Waals surface area contributed by atoms with Crippen molar-refractivity contribution in [1.82, 2.24) is 0 Å². The van der Waals surface area contributed by atoms with Crippen molar-refractivity contribution < 1.29 is 9.90 Å². The zero-order valence-corrected chi connectivity index (χ0v) is 8.88. The second kappa shape index (κ2) is 8.09. The van der Waals surface area contributed by atoms with Crippen LogP contribution in [0.25, 0.3) is 0 Å². The van der Waals surface area contributed by atoms with Crippen LogP contribution in [0.5, 0.6) is 0 Å². The molecule has 0 aliphatic rings. The monoisotopic (exact) mass is 186 g/mol. The Balaban J connectivity index is 3.11. The van der Waals surface area contributed by atoms with E-state index in [0.717, 1.165) is 12.8 Å². The van der Waals surface area contributed by atoms with E-state index in [1.165, 1.54) is 32.1 Å². The lowest BCUT2D eigenvalue weighted by Gasteiger charge is -2.04. The second-order valence-electron chi connectivity index (χ2n) is 3.80. The van der Waals surface area contributed by atoms with Gasteiger partial charge in [-0.3, -0.25) is 4.79 Å². The van der Waals surface area contributed by atoms with Crippen LogP contribution in [0.1, 0.15) is 58.8 Å². The predicted molar refractivity (Wildman–Crippen MR) is 54.8 cm³/mol. The van der Waals surface area contributed by atoms with Gasteiger partial charge in [0.2, 0.25) is 0 Å². The lowest BCUT2D eigenvalue weighted by atomic mass is 10.0. The van der Waals surface area contributed by atoms with E-state index in [-0.39, 0.29) is 5.92 Å². The first-order valence-electron chi connectivity index (χ1n) is 5.41. The van der Waals surface area contributed by atoms with Crippen LogP contribution in [0.3, 0.4) is 0 Å². The summed E-state index contributed by atoms with van der Waals surface area (Å²) in [7, 11) is 0. The van der Waals surface area contributed by atoms with E-state index in [2.05, 4.69) is 6.92 Å². The Kier molecular flexibility index (Phi) is 7.76. The molecule has 0 rings (SSSR count). The van der Waals surface area contributed by atoms with Crippen molar-refractivity contribution in [1.29, 1.82) is 0 Å². The third-order valence-corrected chi connectivity index (χ3v) is 2.41. The number of rotatable bonds is 8. The van der Waals surface area contributed by atoms with Crippen molar-refractivity contribution in [2.45, 2.75) is 58.8 Å². The smallest absolute Gasteiger partial charge is 0.306 e. The lowest BCUT2D eigenvalue weighted by molar-refractivity contribution is -0.141. The van der Waals surface area contributed by atoms with E-state index in [9.17, 15) is 4.79 Å². The van der Waals surface area contributed by atoms with Crippen LogP contribution in [0.4, 0.5) is 0 Å². The van der Waals surface area contributed by atoms with E-state index in [1.54, 1.807) is 6.92 Å². The molecule has 0 aromatic rings. The van der Waals surface area contributed by atoms with Gasteiger partial charge in [-0.15, -0.1) is 0 Å². The molecule has 0 saturated heterocycles. The Morgan fingerprint density at radius 2 is 1.69 bits per heavy atom. The molecule has 0 unspecified atom stereocenters. The van der Waals surface area contributed by atoms with Gasteiger partial charge in [-0.25, -0.2) is 0 Å². The fraction of sp³-hybridized carbons (Fsp3) is 0.909. The van der Waals surface area contributed by atoms with Gasteiger partial charge in [0.15, 0.2) is 0 Å². The Bertz CT molecular complexity index is 132. The SMILES string of the molecule is CCCCCCCC[C@H](C)C(=O)O. The fourth-order valence-electron chi connectivity index (χ4n) is 1.35. The Labute approximate surface area is 81.3 Å². The first kappa shape index (κ1) is 12.5. The standard InChI is InChI=1S/C11H22O2/c1-3-4-5-6-7-8-9-10(2)11(12)13/h10H,3-9H2,1-2H3,(H,12,13)/t10-/m0/s1. The first-order valence-corrected chi connectivity index (χ1v) is 5.41. The molecule has 0 spiro atoms. The highest BCUT2D eigenvalue weighted by atomic mass is 16.4. The van der Waals surface area contributed by atoms with Crippen LogP contribution >= 0.6 is 0 Å². The first-order chi connectivity index (χ1) is 6.18. The van der Waals surface area contributed by atoms with Crippen LogP contribution in [0.15, 0.2) is 0 Å². The number of carboxylic acids is 1. The number of hydrogen-bond acceptors (Lipinski definition) is 1. The molecule has 78 valence electrons. The zero-order chi connectivity index (χ0) is 10.1. The molecule has 2 heteroatoms. The fourth-order valence-corrected chi connectivity index (χ4v) is 1.35. The third kappa shape index (κ3) is 7.82. The van der Waals surface area contributed by atoms with E-state index >= 15 is 0 Å². The Hall–Kier alpha value is -0.530. The minimum Gasteiger partial charge on any atom is -0.481 e. The highest BCUT2D eigenvalue weighted by Crippen LogP contribution is 2.11. The molecular formula is C11H22O2. The van der Waals surface area contributed by atoms with Gasteiger partial charge in [0, 0.05) is 0 Å². The molecule has 0 bridgehead atoms. The Morgan fingerprint density at radius 3 is 2.23 bits per heavy atom. The molecule has 0 aromatic carbocycles. The summed E-state index contributed by atoms with van der Waals surface area (Å²) < 4.78 is 0. The van der Waals surface area contributed by atoms with Crippen LogP contribution in [-0.4, -0.2) is 11.1 Å². The molecular weight excluding hydrogens is 164 g/mol. The maximum absolute atomic E-state index is 10.5. The highest BCUT2D eigenvalue weighted by molar-refractivity contribution is 5.69. The molecule has 0 aromatic heterocycles. The van der Waals surface area contributed by atoms with Gasteiger partial charge in [-0.2, -0.15) is 0 Å². The van der Waals surface area contributed by atoms with Crippen LogP contribution in [0, 0.1) is 5.92 Å². The van der Waals surface area contributed by atoms with Gasteiger partial charge in [-0.1, -0.05) is 52.4 Å². The van der Waals surface area contributed by atoms with Crippen LogP contribution in [-0.2, 0) is 4.79 Å². The molecule has 0 aliphatic carbocycles. The van der Waals surface area contributed by atoms with Crippen molar-refractivity contribution in [3.8, 4) is 0 Å². The van der Waals surface area contributed by atoms with Crippen molar-refractivity contribution >= 4 is 5.97 Å². The number of carbonyl (C=O) groups is 1. The van der Waals surface area contributed by atoms with E-state index in [4.69, 9.17) is 5.11 Å². The van der Waals surface area contributed by atoms with Gasteiger partial charge >= 0.3 is 5.97 Å². The van der Waals surface area contributed by atoms with Gasteiger partial charge in [-0.05, 0) is 6.42 Å². The zero-order valence-electron chi connectivity index (χ0n) is 8.88. The van der Waals surface area contributed by atoms with Gasteiger partial charge in [0.1, 0.15) is 0 Å². The topological polar surface area (TPSA) is 37.3 Å². The molecule has 13 heavy (non-hydrogen) atoms. The molecule has 0 heterocycles. The van der Waals surface area contributed by atoms with Crippen molar-refractivity contribution in [2.75, 3.05) is 0 Å². The van der Waals surface area contributed by atoms with Gasteiger partial charge < -0.3 is 5.11 Å². The van der Waals surface area contributed by atoms with E-state index < -0.39 is 5.97 Å². The summed E-state index contributed by atoms with van der Waals surface area (Å²) in [6.45, 7) is 3.99.